The molecule has 1 unspecified atom stereocenters. The maximum Gasteiger partial charge on any atom is 0.0859 e. The van der Waals surface area contributed by atoms with Crippen LogP contribution in [0.2, 0.25) is 0 Å². The van der Waals surface area contributed by atoms with Crippen molar-refractivity contribution in [1.29, 1.82) is 0 Å². The largest absolute Gasteiger partial charge is 0.313 e. The van der Waals surface area contributed by atoms with Gasteiger partial charge in [-0.1, -0.05) is 78.9 Å². The van der Waals surface area contributed by atoms with E-state index in [9.17, 15) is 5.21 Å². The fraction of sp³-hybridized carbons (Fsp3) is 0.100. The first-order chi connectivity index (χ1) is 10.8. The van der Waals surface area contributed by atoms with E-state index < -0.39 is 0 Å². The van der Waals surface area contributed by atoms with E-state index in [0.717, 1.165) is 16.7 Å². The van der Waals surface area contributed by atoms with Crippen molar-refractivity contribution in [2.45, 2.75) is 12.6 Å². The van der Waals surface area contributed by atoms with E-state index in [0.29, 0.717) is 6.54 Å². The molecule has 0 saturated heterocycles. The molecular weight excluding hydrogens is 270 g/mol. The summed E-state index contributed by atoms with van der Waals surface area (Å²) in [6.45, 7) is 0.518. The summed E-state index contributed by atoms with van der Waals surface area (Å²) < 4.78 is 0. The average molecular weight is 287 g/mol. The molecule has 1 heterocycles. The van der Waals surface area contributed by atoms with E-state index in [1.54, 1.807) is 0 Å². The van der Waals surface area contributed by atoms with Crippen LogP contribution in [0.5, 0.6) is 0 Å². The smallest absolute Gasteiger partial charge is 0.0859 e. The van der Waals surface area contributed by atoms with Gasteiger partial charge >= 0.3 is 0 Å². The predicted octanol–water partition coefficient (Wildman–Crippen LogP) is 4.65. The molecule has 0 fully saturated rings. The van der Waals surface area contributed by atoms with Gasteiger partial charge in [-0.15, -0.1) is 0 Å². The molecule has 1 atom stereocenters. The van der Waals surface area contributed by atoms with Crippen LogP contribution in [0.4, 0.5) is 0 Å². The molecule has 3 aromatic carbocycles. The van der Waals surface area contributed by atoms with Gasteiger partial charge in [-0.05, 0) is 27.8 Å². The highest BCUT2D eigenvalue weighted by atomic mass is 16.5. The third kappa shape index (κ3) is 2.13. The average Bonchev–Trinajstić information content (AvgIpc) is 2.69. The van der Waals surface area contributed by atoms with Gasteiger partial charge < -0.3 is 5.21 Å². The Balaban J connectivity index is 1.96. The van der Waals surface area contributed by atoms with Crippen molar-refractivity contribution in [2.75, 3.05) is 0 Å². The van der Waals surface area contributed by atoms with Crippen LogP contribution in [0.25, 0.3) is 11.1 Å². The predicted molar refractivity (Wildman–Crippen MR) is 87.5 cm³/mol. The van der Waals surface area contributed by atoms with Crippen molar-refractivity contribution in [3.8, 4) is 11.1 Å². The highest BCUT2D eigenvalue weighted by Crippen LogP contribution is 2.40. The summed E-state index contributed by atoms with van der Waals surface area (Å²) in [5.41, 5.74) is 5.79. The van der Waals surface area contributed by atoms with Gasteiger partial charge in [0.25, 0.3) is 0 Å². The zero-order valence-electron chi connectivity index (χ0n) is 12.2. The number of hydrogen-bond donors (Lipinski definition) is 1. The van der Waals surface area contributed by atoms with E-state index in [-0.39, 0.29) is 6.04 Å². The molecule has 4 rings (SSSR count). The fourth-order valence-corrected chi connectivity index (χ4v) is 3.31. The lowest BCUT2D eigenvalue weighted by Gasteiger charge is -2.26. The molecule has 1 aliphatic heterocycles. The molecule has 0 spiro atoms. The first kappa shape index (κ1) is 13.3. The van der Waals surface area contributed by atoms with Crippen LogP contribution in [-0.2, 0) is 6.54 Å². The highest BCUT2D eigenvalue weighted by Gasteiger charge is 2.28. The Morgan fingerprint density at radius 1 is 0.727 bits per heavy atom. The van der Waals surface area contributed by atoms with E-state index >= 15 is 0 Å². The summed E-state index contributed by atoms with van der Waals surface area (Å²) in [6, 6.07) is 26.7. The fourth-order valence-electron chi connectivity index (χ4n) is 3.31. The molecule has 2 heteroatoms. The summed E-state index contributed by atoms with van der Waals surface area (Å²) in [5, 5.41) is 12.2. The molecule has 3 aromatic rings. The van der Waals surface area contributed by atoms with Crippen LogP contribution in [0.15, 0.2) is 78.9 Å². The second-order valence-electron chi connectivity index (χ2n) is 5.66. The van der Waals surface area contributed by atoms with Crippen molar-refractivity contribution in [1.82, 2.24) is 5.06 Å². The normalized spacial score (nSPS) is 17.4. The lowest BCUT2D eigenvalue weighted by atomic mass is 9.91. The third-order valence-electron chi connectivity index (χ3n) is 4.31. The Labute approximate surface area is 130 Å². The minimum absolute atomic E-state index is 0.148. The molecule has 22 heavy (non-hydrogen) atoms. The molecule has 1 aliphatic rings. The zero-order valence-corrected chi connectivity index (χ0v) is 12.2. The van der Waals surface area contributed by atoms with Crippen LogP contribution in [0.3, 0.4) is 0 Å². The number of fused-ring (bicyclic) bond motifs is 3. The summed E-state index contributed by atoms with van der Waals surface area (Å²) in [7, 11) is 0. The topological polar surface area (TPSA) is 23.5 Å². The molecule has 0 bridgehead atoms. The Morgan fingerprint density at radius 3 is 2.18 bits per heavy atom. The summed E-state index contributed by atoms with van der Waals surface area (Å²) in [5.74, 6) is 0. The summed E-state index contributed by atoms with van der Waals surface area (Å²) in [4.78, 5) is 0. The van der Waals surface area contributed by atoms with E-state index in [4.69, 9.17) is 0 Å². The lowest BCUT2D eigenvalue weighted by molar-refractivity contribution is -0.124. The Kier molecular flexibility index (Phi) is 3.26. The first-order valence-corrected chi connectivity index (χ1v) is 7.52. The first-order valence-electron chi connectivity index (χ1n) is 7.52. The summed E-state index contributed by atoms with van der Waals surface area (Å²) in [6.07, 6.45) is 0. The second-order valence-corrected chi connectivity index (χ2v) is 5.66. The standard InChI is InChI=1S/C20H17NO/c22-21-14-16-10-4-5-11-17(16)18-12-6-7-13-19(18)20(21)15-8-2-1-3-9-15/h1-13,20,22H,14H2. The molecule has 1 N–H and O–H groups in total. The summed E-state index contributed by atoms with van der Waals surface area (Å²) >= 11 is 0. The number of rotatable bonds is 1. The maximum absolute atomic E-state index is 10.7. The minimum atomic E-state index is -0.148. The highest BCUT2D eigenvalue weighted by molar-refractivity contribution is 5.72. The number of benzene rings is 3. The lowest BCUT2D eigenvalue weighted by Crippen LogP contribution is -2.24. The van der Waals surface area contributed by atoms with E-state index in [2.05, 4.69) is 48.5 Å². The van der Waals surface area contributed by atoms with Crippen LogP contribution in [0, 0.1) is 0 Å². The zero-order chi connectivity index (χ0) is 14.9. The van der Waals surface area contributed by atoms with Crippen molar-refractivity contribution >= 4 is 0 Å². The SMILES string of the molecule is ON1Cc2ccccc2-c2ccccc2C1c1ccccc1. The van der Waals surface area contributed by atoms with Crippen molar-refractivity contribution < 1.29 is 5.21 Å². The Hall–Kier alpha value is -2.42. The van der Waals surface area contributed by atoms with Gasteiger partial charge in [0.2, 0.25) is 0 Å². The monoisotopic (exact) mass is 287 g/mol. The molecular formula is C20H17NO. The van der Waals surface area contributed by atoms with Crippen molar-refractivity contribution in [2.24, 2.45) is 0 Å². The Morgan fingerprint density at radius 2 is 1.36 bits per heavy atom. The second kappa shape index (κ2) is 5.41. The van der Waals surface area contributed by atoms with Crippen LogP contribution < -0.4 is 0 Å². The van der Waals surface area contributed by atoms with Gasteiger partial charge in [0.1, 0.15) is 0 Å². The molecule has 0 aliphatic carbocycles. The van der Waals surface area contributed by atoms with E-state index in [1.807, 2.05) is 30.3 Å². The van der Waals surface area contributed by atoms with Crippen LogP contribution >= 0.6 is 0 Å². The third-order valence-corrected chi connectivity index (χ3v) is 4.31. The maximum atomic E-state index is 10.7. The van der Waals surface area contributed by atoms with Gasteiger partial charge in [0, 0.05) is 0 Å². The molecule has 0 aromatic heterocycles. The van der Waals surface area contributed by atoms with E-state index in [1.165, 1.54) is 16.2 Å². The van der Waals surface area contributed by atoms with Crippen molar-refractivity contribution in [3.63, 3.8) is 0 Å². The molecule has 0 radical (unpaired) electrons. The Bertz CT molecular complexity index is 798. The quantitative estimate of drug-likeness (QED) is 0.704. The molecule has 2 nitrogen and oxygen atoms in total. The molecule has 0 amide bonds. The van der Waals surface area contributed by atoms with Gasteiger partial charge in [0.15, 0.2) is 0 Å². The molecule has 0 saturated carbocycles. The van der Waals surface area contributed by atoms with Gasteiger partial charge in [-0.2, -0.15) is 5.06 Å². The van der Waals surface area contributed by atoms with Crippen LogP contribution in [0.1, 0.15) is 22.7 Å². The van der Waals surface area contributed by atoms with Gasteiger partial charge in [0.05, 0.1) is 12.6 Å². The number of hydroxylamine groups is 2. The number of hydrogen-bond acceptors (Lipinski definition) is 2. The van der Waals surface area contributed by atoms with Gasteiger partial charge in [-0.25, -0.2) is 0 Å². The molecule has 108 valence electrons. The minimum Gasteiger partial charge on any atom is -0.313 e. The van der Waals surface area contributed by atoms with Crippen LogP contribution in [-0.4, -0.2) is 10.3 Å². The van der Waals surface area contributed by atoms with Gasteiger partial charge in [-0.3, -0.25) is 0 Å². The number of nitrogens with zero attached hydrogens (tertiary/aromatic N) is 1. The van der Waals surface area contributed by atoms with Crippen molar-refractivity contribution in [3.05, 3.63) is 95.6 Å².